The van der Waals surface area contributed by atoms with Crippen molar-refractivity contribution in [3.05, 3.63) is 35.9 Å². The van der Waals surface area contributed by atoms with Crippen LogP contribution in [0.2, 0.25) is 0 Å². The number of epoxide rings is 1. The van der Waals surface area contributed by atoms with Crippen molar-refractivity contribution in [1.82, 2.24) is 0 Å². The summed E-state index contributed by atoms with van der Waals surface area (Å²) in [6.07, 6.45) is 1.87. The number of carbonyl (C=O) groups excluding carboxylic acids is 1. The fourth-order valence-corrected chi connectivity index (χ4v) is 1.87. The van der Waals surface area contributed by atoms with Gasteiger partial charge in [0, 0.05) is 6.61 Å². The molecule has 0 N–H and O–H groups in total. The quantitative estimate of drug-likeness (QED) is 0.537. The van der Waals surface area contributed by atoms with Gasteiger partial charge in [0.2, 0.25) is 0 Å². The lowest BCUT2D eigenvalue weighted by Crippen LogP contribution is -2.05. The summed E-state index contributed by atoms with van der Waals surface area (Å²) in [7, 11) is 0. The Morgan fingerprint density at radius 3 is 2.76 bits per heavy atom. The predicted octanol–water partition coefficient (Wildman–Crippen LogP) is 2.34. The van der Waals surface area contributed by atoms with E-state index in [1.807, 2.05) is 18.2 Å². The van der Waals surface area contributed by atoms with Crippen LogP contribution in [0.3, 0.4) is 0 Å². The zero-order valence-electron chi connectivity index (χ0n) is 10.1. The van der Waals surface area contributed by atoms with Gasteiger partial charge in [0.25, 0.3) is 0 Å². The highest BCUT2D eigenvalue weighted by molar-refractivity contribution is 5.83. The minimum Gasteiger partial charge on any atom is -0.377 e. The van der Waals surface area contributed by atoms with Crippen LogP contribution in [0.5, 0.6) is 0 Å². The van der Waals surface area contributed by atoms with Crippen molar-refractivity contribution in [2.75, 3.05) is 6.61 Å². The summed E-state index contributed by atoms with van der Waals surface area (Å²) in [4.78, 5) is 10.9. The van der Waals surface area contributed by atoms with E-state index in [0.717, 1.165) is 19.4 Å². The standard InChI is InChI=1S/C14H18O3/c1-11(15)14-13(17-14)8-5-9-16-10-12-6-3-2-4-7-12/h2-4,6-7,13-14H,5,8-10H2,1H3/t13-,14-/m1/s1. The third-order valence-corrected chi connectivity index (χ3v) is 2.87. The van der Waals surface area contributed by atoms with Crippen molar-refractivity contribution in [3.63, 3.8) is 0 Å². The lowest BCUT2D eigenvalue weighted by Gasteiger charge is -2.03. The molecule has 0 amide bonds. The fourth-order valence-electron chi connectivity index (χ4n) is 1.87. The Balaban J connectivity index is 1.52. The molecule has 92 valence electrons. The number of ether oxygens (including phenoxy) is 2. The first-order chi connectivity index (χ1) is 8.27. The second-order valence-electron chi connectivity index (χ2n) is 4.39. The second kappa shape index (κ2) is 5.94. The molecular weight excluding hydrogens is 216 g/mol. The van der Waals surface area contributed by atoms with Crippen molar-refractivity contribution in [1.29, 1.82) is 0 Å². The first kappa shape index (κ1) is 12.3. The zero-order chi connectivity index (χ0) is 12.1. The molecule has 1 heterocycles. The van der Waals surface area contributed by atoms with Gasteiger partial charge in [-0.2, -0.15) is 0 Å². The maximum atomic E-state index is 10.9. The van der Waals surface area contributed by atoms with Crippen LogP contribution in [-0.2, 0) is 20.9 Å². The smallest absolute Gasteiger partial charge is 0.161 e. The van der Waals surface area contributed by atoms with Crippen molar-refractivity contribution >= 4 is 5.78 Å². The summed E-state index contributed by atoms with van der Waals surface area (Å²) in [5.41, 5.74) is 1.19. The monoisotopic (exact) mass is 234 g/mol. The molecule has 2 rings (SSSR count). The Bertz CT molecular complexity index is 361. The third kappa shape index (κ3) is 3.95. The van der Waals surface area contributed by atoms with Gasteiger partial charge in [-0.1, -0.05) is 30.3 Å². The first-order valence-electron chi connectivity index (χ1n) is 6.05. The highest BCUT2D eigenvalue weighted by atomic mass is 16.6. The van der Waals surface area contributed by atoms with Gasteiger partial charge < -0.3 is 9.47 Å². The molecule has 1 saturated heterocycles. The molecule has 0 aliphatic carbocycles. The van der Waals surface area contributed by atoms with Gasteiger partial charge in [0.1, 0.15) is 6.10 Å². The van der Waals surface area contributed by atoms with E-state index < -0.39 is 0 Å². The van der Waals surface area contributed by atoms with E-state index in [2.05, 4.69) is 12.1 Å². The summed E-state index contributed by atoms with van der Waals surface area (Å²) in [5.74, 6) is 0.139. The molecule has 0 saturated carbocycles. The van der Waals surface area contributed by atoms with Gasteiger partial charge in [-0.15, -0.1) is 0 Å². The number of benzene rings is 1. The fraction of sp³-hybridized carbons (Fsp3) is 0.500. The summed E-state index contributed by atoms with van der Waals surface area (Å²) in [6, 6.07) is 10.1. The lowest BCUT2D eigenvalue weighted by atomic mass is 10.1. The Morgan fingerprint density at radius 1 is 1.35 bits per heavy atom. The normalized spacial score (nSPS) is 22.4. The molecule has 0 bridgehead atoms. The molecule has 0 radical (unpaired) electrons. The van der Waals surface area contributed by atoms with E-state index in [-0.39, 0.29) is 18.0 Å². The van der Waals surface area contributed by atoms with Crippen LogP contribution < -0.4 is 0 Å². The lowest BCUT2D eigenvalue weighted by molar-refractivity contribution is -0.118. The van der Waals surface area contributed by atoms with Crippen molar-refractivity contribution in [3.8, 4) is 0 Å². The van der Waals surface area contributed by atoms with Gasteiger partial charge in [0.15, 0.2) is 5.78 Å². The maximum Gasteiger partial charge on any atom is 0.161 e. The van der Waals surface area contributed by atoms with Crippen molar-refractivity contribution in [2.45, 2.75) is 38.6 Å². The SMILES string of the molecule is CC(=O)[C@H]1O[C@@H]1CCCOCc1ccccc1. The number of hydrogen-bond acceptors (Lipinski definition) is 3. The van der Waals surface area contributed by atoms with Crippen LogP contribution in [0, 0.1) is 0 Å². The van der Waals surface area contributed by atoms with Crippen molar-refractivity contribution in [2.24, 2.45) is 0 Å². The van der Waals surface area contributed by atoms with Crippen LogP contribution in [-0.4, -0.2) is 24.6 Å². The summed E-state index contributed by atoms with van der Waals surface area (Å²) < 4.78 is 10.8. The molecule has 17 heavy (non-hydrogen) atoms. The zero-order valence-corrected chi connectivity index (χ0v) is 10.1. The van der Waals surface area contributed by atoms with Crippen LogP contribution in [0.1, 0.15) is 25.3 Å². The third-order valence-electron chi connectivity index (χ3n) is 2.87. The molecule has 0 spiro atoms. The molecule has 1 aliphatic heterocycles. The topological polar surface area (TPSA) is 38.8 Å². The maximum absolute atomic E-state index is 10.9. The van der Waals surface area contributed by atoms with Crippen LogP contribution in [0.25, 0.3) is 0 Å². The summed E-state index contributed by atoms with van der Waals surface area (Å²) in [5, 5.41) is 0. The molecule has 2 atom stereocenters. The Hall–Kier alpha value is -1.19. The van der Waals surface area contributed by atoms with Gasteiger partial charge in [-0.05, 0) is 25.3 Å². The number of carbonyl (C=O) groups is 1. The van der Waals surface area contributed by atoms with Gasteiger partial charge in [-0.25, -0.2) is 0 Å². The second-order valence-corrected chi connectivity index (χ2v) is 4.39. The van der Waals surface area contributed by atoms with E-state index >= 15 is 0 Å². The van der Waals surface area contributed by atoms with Crippen LogP contribution >= 0.6 is 0 Å². The van der Waals surface area contributed by atoms with Gasteiger partial charge in [0.05, 0.1) is 12.7 Å². The summed E-state index contributed by atoms with van der Waals surface area (Å²) in [6.45, 7) is 2.96. The van der Waals surface area contributed by atoms with Crippen LogP contribution in [0.15, 0.2) is 30.3 Å². The minimum absolute atomic E-state index is 0.135. The van der Waals surface area contributed by atoms with E-state index in [1.165, 1.54) is 5.56 Å². The molecule has 3 heteroatoms. The number of rotatable bonds is 7. The van der Waals surface area contributed by atoms with E-state index in [0.29, 0.717) is 6.61 Å². The molecule has 1 aromatic carbocycles. The van der Waals surface area contributed by atoms with Crippen LogP contribution in [0.4, 0.5) is 0 Å². The predicted molar refractivity (Wildman–Crippen MR) is 64.7 cm³/mol. The van der Waals surface area contributed by atoms with Gasteiger partial charge in [-0.3, -0.25) is 4.79 Å². The Morgan fingerprint density at radius 2 is 2.12 bits per heavy atom. The summed E-state index contributed by atoms with van der Waals surface area (Å²) >= 11 is 0. The molecule has 0 aromatic heterocycles. The van der Waals surface area contributed by atoms with E-state index in [1.54, 1.807) is 6.92 Å². The minimum atomic E-state index is -0.135. The molecule has 1 aliphatic rings. The molecular formula is C14H18O3. The largest absolute Gasteiger partial charge is 0.377 e. The number of ketones is 1. The van der Waals surface area contributed by atoms with E-state index in [9.17, 15) is 4.79 Å². The molecule has 1 aromatic rings. The first-order valence-corrected chi connectivity index (χ1v) is 6.05. The van der Waals surface area contributed by atoms with Gasteiger partial charge >= 0.3 is 0 Å². The molecule has 3 nitrogen and oxygen atoms in total. The average molecular weight is 234 g/mol. The highest BCUT2D eigenvalue weighted by Crippen LogP contribution is 2.27. The number of Topliss-reactive ketones (excluding diaryl/α,β-unsaturated/α-hetero) is 1. The molecule has 0 unspecified atom stereocenters. The van der Waals surface area contributed by atoms with E-state index in [4.69, 9.17) is 9.47 Å². The Labute approximate surface area is 102 Å². The number of hydrogen-bond donors (Lipinski definition) is 0. The highest BCUT2D eigenvalue weighted by Gasteiger charge is 2.41. The van der Waals surface area contributed by atoms with Crippen molar-refractivity contribution < 1.29 is 14.3 Å². The Kier molecular flexibility index (Phi) is 4.29. The molecule has 1 fully saturated rings. The average Bonchev–Trinajstić information content (AvgIpc) is 3.10.